The Hall–Kier alpha value is -1.36. The summed E-state index contributed by atoms with van der Waals surface area (Å²) in [5, 5.41) is 11.2. The van der Waals surface area contributed by atoms with Gasteiger partial charge in [0.2, 0.25) is 11.6 Å². The molecule has 0 heterocycles. The largest absolute Gasteiger partial charge is 0.465 e. The third-order valence-electron chi connectivity index (χ3n) is 1.13. The average molecular weight is 173 g/mol. The number of carbonyl (C=O) groups is 2. The van der Waals surface area contributed by atoms with Gasteiger partial charge in [-0.3, -0.25) is 4.79 Å². The topological polar surface area (TPSA) is 75.6 Å². The van der Waals surface area contributed by atoms with Gasteiger partial charge in [0.25, 0.3) is 0 Å². The highest BCUT2D eigenvalue weighted by molar-refractivity contribution is 5.91. The maximum absolute atomic E-state index is 10.8. The first-order valence-electron chi connectivity index (χ1n) is 3.19. The fourth-order valence-corrected chi connectivity index (χ4v) is 0.541. The minimum absolute atomic E-state index is 0.648. The molecule has 0 saturated heterocycles. The van der Waals surface area contributed by atoms with Crippen molar-refractivity contribution in [2.24, 2.45) is 0 Å². The third kappa shape index (κ3) is 2.71. The third-order valence-corrected chi connectivity index (χ3v) is 1.13. The molecule has 12 heavy (non-hydrogen) atoms. The van der Waals surface area contributed by atoms with E-state index in [0.29, 0.717) is 0 Å². The van der Waals surface area contributed by atoms with Crippen LogP contribution in [0.4, 0.5) is 0 Å². The van der Waals surface area contributed by atoms with Crippen LogP contribution in [0, 0.1) is 0 Å². The first-order chi connectivity index (χ1) is 5.44. The van der Waals surface area contributed by atoms with E-state index in [9.17, 15) is 14.7 Å². The summed E-state index contributed by atoms with van der Waals surface area (Å²) in [6, 6.07) is 0. The molecule has 0 aliphatic heterocycles. The lowest BCUT2D eigenvalue weighted by atomic mass is 10.2. The van der Waals surface area contributed by atoms with Crippen LogP contribution in [0.5, 0.6) is 0 Å². The highest BCUT2D eigenvalue weighted by Gasteiger charge is 2.32. The van der Waals surface area contributed by atoms with Gasteiger partial charge >= 0.3 is 5.97 Å². The fraction of sp³-hybridized carbons (Fsp3) is 0.429. The fourth-order valence-electron chi connectivity index (χ4n) is 0.541. The molecular weight excluding hydrogens is 162 g/mol. The van der Waals surface area contributed by atoms with E-state index in [-0.39, 0.29) is 0 Å². The molecule has 0 aromatic carbocycles. The first kappa shape index (κ1) is 10.6. The van der Waals surface area contributed by atoms with Gasteiger partial charge in [0.1, 0.15) is 0 Å². The summed E-state index contributed by atoms with van der Waals surface area (Å²) < 4.78 is 4.22. The molecule has 0 spiro atoms. The number of rotatable bonds is 3. The van der Waals surface area contributed by atoms with Gasteiger partial charge in [-0.05, 0) is 13.0 Å². The predicted octanol–water partition coefficient (Wildman–Crippen LogP) is -0.830. The molecule has 1 unspecified atom stereocenters. The van der Waals surface area contributed by atoms with Crippen molar-refractivity contribution < 1.29 is 19.4 Å². The maximum atomic E-state index is 10.8. The Morgan fingerprint density at radius 3 is 2.50 bits per heavy atom. The monoisotopic (exact) mass is 173 g/mol. The van der Waals surface area contributed by atoms with Crippen LogP contribution < -0.4 is 5.32 Å². The number of carbonyl (C=O) groups excluding carboxylic acids is 2. The van der Waals surface area contributed by atoms with Crippen molar-refractivity contribution in [3.63, 3.8) is 0 Å². The summed E-state index contributed by atoms with van der Waals surface area (Å²) in [7, 11) is 1.11. The van der Waals surface area contributed by atoms with E-state index in [1.807, 2.05) is 5.32 Å². The van der Waals surface area contributed by atoms with Crippen molar-refractivity contribution in [2.75, 3.05) is 7.11 Å². The SMILES string of the molecule is C=CC(=O)NC(C)(O)C(=O)OC. The second-order valence-electron chi connectivity index (χ2n) is 2.26. The van der Waals surface area contributed by atoms with E-state index in [1.165, 1.54) is 0 Å². The molecule has 0 bridgehead atoms. The predicted molar refractivity (Wildman–Crippen MR) is 41.0 cm³/mol. The number of amides is 1. The van der Waals surface area contributed by atoms with Gasteiger partial charge in [0, 0.05) is 0 Å². The zero-order valence-electron chi connectivity index (χ0n) is 6.96. The summed E-state index contributed by atoms with van der Waals surface area (Å²) in [5.74, 6) is -1.58. The van der Waals surface area contributed by atoms with E-state index in [1.54, 1.807) is 0 Å². The molecule has 0 radical (unpaired) electrons. The minimum Gasteiger partial charge on any atom is -0.465 e. The Labute approximate surface area is 70.0 Å². The summed E-state index contributed by atoms with van der Waals surface area (Å²) in [4.78, 5) is 21.4. The quantitative estimate of drug-likeness (QED) is 0.332. The Morgan fingerprint density at radius 1 is 1.67 bits per heavy atom. The molecular formula is C7H11NO4. The second kappa shape index (κ2) is 3.87. The van der Waals surface area contributed by atoms with E-state index in [4.69, 9.17) is 0 Å². The number of esters is 1. The van der Waals surface area contributed by atoms with Gasteiger partial charge in [-0.15, -0.1) is 0 Å². The van der Waals surface area contributed by atoms with Crippen LogP contribution in [0.1, 0.15) is 6.92 Å². The van der Waals surface area contributed by atoms with Crippen LogP contribution in [-0.4, -0.2) is 29.8 Å². The second-order valence-corrected chi connectivity index (χ2v) is 2.26. The molecule has 0 saturated carbocycles. The molecule has 0 rings (SSSR count). The molecule has 68 valence electrons. The lowest BCUT2D eigenvalue weighted by Crippen LogP contribution is -2.52. The molecule has 5 heteroatoms. The van der Waals surface area contributed by atoms with Gasteiger partial charge in [-0.25, -0.2) is 4.79 Å². The highest BCUT2D eigenvalue weighted by atomic mass is 16.5. The number of aliphatic hydroxyl groups is 1. The molecule has 2 N–H and O–H groups in total. The van der Waals surface area contributed by atoms with Gasteiger partial charge in [-0.2, -0.15) is 0 Å². The van der Waals surface area contributed by atoms with Crippen molar-refractivity contribution in [2.45, 2.75) is 12.6 Å². The van der Waals surface area contributed by atoms with Crippen LogP contribution in [0.15, 0.2) is 12.7 Å². The molecule has 1 amide bonds. The van der Waals surface area contributed by atoms with Gasteiger partial charge in [0.05, 0.1) is 7.11 Å². The summed E-state index contributed by atoms with van der Waals surface area (Å²) in [6.07, 6.45) is 0.942. The van der Waals surface area contributed by atoms with Crippen molar-refractivity contribution in [3.8, 4) is 0 Å². The normalized spacial score (nSPS) is 14.2. The van der Waals surface area contributed by atoms with Gasteiger partial charge in [0.15, 0.2) is 0 Å². The summed E-state index contributed by atoms with van der Waals surface area (Å²) >= 11 is 0. The molecule has 0 aromatic rings. The highest BCUT2D eigenvalue weighted by Crippen LogP contribution is 1.99. The molecule has 1 atom stereocenters. The Morgan fingerprint density at radius 2 is 2.17 bits per heavy atom. The van der Waals surface area contributed by atoms with Crippen molar-refractivity contribution in [1.29, 1.82) is 0 Å². The zero-order chi connectivity index (χ0) is 9.78. The van der Waals surface area contributed by atoms with Crippen molar-refractivity contribution in [1.82, 2.24) is 5.32 Å². The van der Waals surface area contributed by atoms with E-state index < -0.39 is 17.6 Å². The smallest absolute Gasteiger partial charge is 0.359 e. The van der Waals surface area contributed by atoms with E-state index >= 15 is 0 Å². The van der Waals surface area contributed by atoms with Crippen LogP contribution >= 0.6 is 0 Å². The van der Waals surface area contributed by atoms with Gasteiger partial charge in [-0.1, -0.05) is 6.58 Å². The molecule has 0 fully saturated rings. The summed E-state index contributed by atoms with van der Waals surface area (Å²) in [6.45, 7) is 4.27. The van der Waals surface area contributed by atoms with E-state index in [2.05, 4.69) is 11.3 Å². The molecule has 5 nitrogen and oxygen atoms in total. The zero-order valence-corrected chi connectivity index (χ0v) is 6.96. The van der Waals surface area contributed by atoms with Crippen molar-refractivity contribution >= 4 is 11.9 Å². The summed E-state index contributed by atoms with van der Waals surface area (Å²) in [5.41, 5.74) is -2.00. The van der Waals surface area contributed by atoms with Crippen LogP contribution in [0.2, 0.25) is 0 Å². The Bertz CT molecular complexity index is 209. The van der Waals surface area contributed by atoms with Crippen LogP contribution in [-0.2, 0) is 14.3 Å². The lowest BCUT2D eigenvalue weighted by Gasteiger charge is -2.20. The van der Waals surface area contributed by atoms with Crippen molar-refractivity contribution in [3.05, 3.63) is 12.7 Å². The number of nitrogens with one attached hydrogen (secondary N) is 1. The maximum Gasteiger partial charge on any atom is 0.359 e. The number of hydrogen-bond donors (Lipinski definition) is 2. The average Bonchev–Trinajstić information content (AvgIpc) is 2.02. The van der Waals surface area contributed by atoms with E-state index in [0.717, 1.165) is 20.1 Å². The minimum atomic E-state index is -2.00. The standard InChI is InChI=1S/C7H11NO4/c1-4-5(9)8-7(2,11)6(10)12-3/h4,11H,1H2,2-3H3,(H,8,9). The number of ether oxygens (including phenoxy) is 1. The molecule has 0 aliphatic rings. The number of methoxy groups -OCH3 is 1. The Kier molecular flexibility index (Phi) is 3.43. The van der Waals surface area contributed by atoms with Gasteiger partial charge < -0.3 is 15.2 Å². The first-order valence-corrected chi connectivity index (χ1v) is 3.19. The molecule has 0 aliphatic carbocycles. The molecule has 0 aromatic heterocycles. The lowest BCUT2D eigenvalue weighted by molar-refractivity contribution is -0.165. The Balaban J connectivity index is 4.31. The van der Waals surface area contributed by atoms with Crippen LogP contribution in [0.3, 0.4) is 0 Å². The van der Waals surface area contributed by atoms with Crippen LogP contribution in [0.25, 0.3) is 0 Å². The number of hydrogen-bond acceptors (Lipinski definition) is 4.